The van der Waals surface area contributed by atoms with Crippen molar-refractivity contribution in [1.82, 2.24) is 4.90 Å². The molecule has 1 aliphatic heterocycles. The lowest BCUT2D eigenvalue weighted by Gasteiger charge is -2.36. The molecule has 4 heteroatoms. The summed E-state index contributed by atoms with van der Waals surface area (Å²) in [5.74, 6) is -0.132. The predicted molar refractivity (Wildman–Crippen MR) is 90.4 cm³/mol. The molecular weight excluding hydrogens is 291 g/mol. The molecule has 1 amide bonds. The molecule has 0 saturated carbocycles. The minimum absolute atomic E-state index is 0.0931. The molecule has 3 nitrogen and oxygen atoms in total. The van der Waals surface area contributed by atoms with Crippen LogP contribution >= 0.6 is 0 Å². The Bertz CT molecular complexity index is 684. The number of benzene rings is 2. The molecule has 0 aromatic heterocycles. The first-order chi connectivity index (χ1) is 11.0. The number of hydrogen-bond acceptors (Lipinski definition) is 2. The van der Waals surface area contributed by atoms with E-state index in [1.165, 1.54) is 12.1 Å². The Morgan fingerprint density at radius 2 is 1.48 bits per heavy atom. The van der Waals surface area contributed by atoms with Crippen LogP contribution in [0, 0.1) is 19.7 Å². The van der Waals surface area contributed by atoms with Gasteiger partial charge in [0.05, 0.1) is 0 Å². The third kappa shape index (κ3) is 3.52. The van der Waals surface area contributed by atoms with Gasteiger partial charge in [0.25, 0.3) is 5.91 Å². The molecule has 1 saturated heterocycles. The predicted octanol–water partition coefficient (Wildman–Crippen LogP) is 3.40. The summed E-state index contributed by atoms with van der Waals surface area (Å²) in [6, 6.07) is 12.5. The van der Waals surface area contributed by atoms with Gasteiger partial charge in [-0.1, -0.05) is 17.2 Å². The van der Waals surface area contributed by atoms with Gasteiger partial charge in [0.1, 0.15) is 5.82 Å². The van der Waals surface area contributed by atoms with Gasteiger partial charge < -0.3 is 9.80 Å². The second-order valence-corrected chi connectivity index (χ2v) is 6.13. The van der Waals surface area contributed by atoms with Gasteiger partial charge in [0, 0.05) is 37.4 Å². The van der Waals surface area contributed by atoms with Crippen molar-refractivity contribution in [2.45, 2.75) is 13.8 Å². The molecule has 1 aliphatic rings. The molecule has 120 valence electrons. The van der Waals surface area contributed by atoms with E-state index in [4.69, 9.17) is 0 Å². The Labute approximate surface area is 136 Å². The normalized spacial score (nSPS) is 14.9. The van der Waals surface area contributed by atoms with Gasteiger partial charge in [-0.15, -0.1) is 0 Å². The van der Waals surface area contributed by atoms with Gasteiger partial charge in [-0.2, -0.15) is 0 Å². The number of aryl methyl sites for hydroxylation is 2. The summed E-state index contributed by atoms with van der Waals surface area (Å²) in [5.41, 5.74) is 3.99. The van der Waals surface area contributed by atoms with Crippen LogP contribution in [0.1, 0.15) is 21.5 Å². The van der Waals surface area contributed by atoms with Crippen LogP contribution in [-0.2, 0) is 0 Å². The molecule has 3 rings (SSSR count). The van der Waals surface area contributed by atoms with Crippen molar-refractivity contribution < 1.29 is 9.18 Å². The summed E-state index contributed by atoms with van der Waals surface area (Å²) in [7, 11) is 0. The Balaban J connectivity index is 1.66. The van der Waals surface area contributed by atoms with Crippen molar-refractivity contribution in [1.29, 1.82) is 0 Å². The number of carbonyl (C=O) groups is 1. The van der Waals surface area contributed by atoms with Crippen LogP contribution in [0.3, 0.4) is 0 Å². The number of amides is 1. The number of halogens is 1. The maximum Gasteiger partial charge on any atom is 0.253 e. The van der Waals surface area contributed by atoms with E-state index in [1.807, 2.05) is 30.9 Å². The Kier molecular flexibility index (Phi) is 4.33. The molecule has 0 spiro atoms. The van der Waals surface area contributed by atoms with Crippen molar-refractivity contribution in [3.63, 3.8) is 0 Å². The van der Waals surface area contributed by atoms with Gasteiger partial charge in [-0.3, -0.25) is 4.79 Å². The second kappa shape index (κ2) is 6.41. The molecule has 2 aromatic rings. The van der Waals surface area contributed by atoms with Gasteiger partial charge in [-0.25, -0.2) is 4.39 Å². The zero-order valence-corrected chi connectivity index (χ0v) is 13.6. The fourth-order valence-corrected chi connectivity index (χ4v) is 3.10. The highest BCUT2D eigenvalue weighted by Gasteiger charge is 2.22. The average molecular weight is 312 g/mol. The van der Waals surface area contributed by atoms with Crippen LogP contribution in [0.2, 0.25) is 0 Å². The highest BCUT2D eigenvalue weighted by molar-refractivity contribution is 5.94. The van der Waals surface area contributed by atoms with Crippen molar-refractivity contribution in [3.05, 3.63) is 65.0 Å². The number of nitrogens with zero attached hydrogens (tertiary/aromatic N) is 2. The van der Waals surface area contributed by atoms with E-state index in [2.05, 4.69) is 11.0 Å². The van der Waals surface area contributed by atoms with Gasteiger partial charge in [0.2, 0.25) is 0 Å². The van der Waals surface area contributed by atoms with Crippen LogP contribution in [-0.4, -0.2) is 37.0 Å². The minimum atomic E-state index is -0.225. The largest absolute Gasteiger partial charge is 0.368 e. The van der Waals surface area contributed by atoms with Crippen LogP contribution in [0.15, 0.2) is 42.5 Å². The van der Waals surface area contributed by atoms with E-state index >= 15 is 0 Å². The average Bonchev–Trinajstić information content (AvgIpc) is 2.54. The van der Waals surface area contributed by atoms with Crippen LogP contribution < -0.4 is 4.90 Å². The first-order valence-electron chi connectivity index (χ1n) is 7.91. The van der Waals surface area contributed by atoms with E-state index < -0.39 is 0 Å². The monoisotopic (exact) mass is 312 g/mol. The quantitative estimate of drug-likeness (QED) is 0.848. The van der Waals surface area contributed by atoms with Gasteiger partial charge >= 0.3 is 0 Å². The summed E-state index contributed by atoms with van der Waals surface area (Å²) in [5, 5.41) is 0. The van der Waals surface area contributed by atoms with Crippen LogP contribution in [0.4, 0.5) is 10.1 Å². The SMILES string of the molecule is Cc1cc(C)cc(C(=O)N2CCN(c3ccc(F)cc3)CC2)c1. The highest BCUT2D eigenvalue weighted by Crippen LogP contribution is 2.18. The van der Waals surface area contributed by atoms with E-state index in [0.717, 1.165) is 35.5 Å². The molecule has 0 atom stereocenters. The number of piperazine rings is 1. The fraction of sp³-hybridized carbons (Fsp3) is 0.316. The lowest BCUT2D eigenvalue weighted by Crippen LogP contribution is -2.48. The van der Waals surface area contributed by atoms with E-state index in [9.17, 15) is 9.18 Å². The van der Waals surface area contributed by atoms with E-state index in [1.54, 1.807) is 12.1 Å². The Hall–Kier alpha value is -2.36. The zero-order valence-electron chi connectivity index (χ0n) is 13.6. The molecule has 0 radical (unpaired) electrons. The lowest BCUT2D eigenvalue weighted by atomic mass is 10.1. The maximum atomic E-state index is 13.0. The molecule has 0 N–H and O–H groups in total. The van der Waals surface area contributed by atoms with Crippen molar-refractivity contribution in [3.8, 4) is 0 Å². The fourth-order valence-electron chi connectivity index (χ4n) is 3.10. The molecular formula is C19H21FN2O. The lowest BCUT2D eigenvalue weighted by molar-refractivity contribution is 0.0746. The molecule has 0 aliphatic carbocycles. The molecule has 0 unspecified atom stereocenters. The van der Waals surface area contributed by atoms with Gasteiger partial charge in [0.15, 0.2) is 0 Å². The summed E-state index contributed by atoms with van der Waals surface area (Å²) in [6.45, 7) is 6.92. The van der Waals surface area contributed by atoms with E-state index in [-0.39, 0.29) is 11.7 Å². The first-order valence-corrected chi connectivity index (χ1v) is 7.91. The standard InChI is InChI=1S/C19H21FN2O/c1-14-11-15(2)13-16(12-14)19(23)22-9-7-21(8-10-22)18-5-3-17(20)4-6-18/h3-6,11-13H,7-10H2,1-2H3. The summed E-state index contributed by atoms with van der Waals surface area (Å²) < 4.78 is 13.0. The molecule has 23 heavy (non-hydrogen) atoms. The smallest absolute Gasteiger partial charge is 0.253 e. The highest BCUT2D eigenvalue weighted by atomic mass is 19.1. The zero-order chi connectivity index (χ0) is 16.4. The number of carbonyl (C=O) groups excluding carboxylic acids is 1. The number of hydrogen-bond donors (Lipinski definition) is 0. The van der Waals surface area contributed by atoms with Crippen molar-refractivity contribution >= 4 is 11.6 Å². The molecule has 2 aromatic carbocycles. The minimum Gasteiger partial charge on any atom is -0.368 e. The Morgan fingerprint density at radius 3 is 2.04 bits per heavy atom. The number of anilines is 1. The summed E-state index contributed by atoms with van der Waals surface area (Å²) in [6.07, 6.45) is 0. The van der Waals surface area contributed by atoms with Crippen LogP contribution in [0.25, 0.3) is 0 Å². The third-order valence-electron chi connectivity index (χ3n) is 4.23. The second-order valence-electron chi connectivity index (χ2n) is 6.13. The first kappa shape index (κ1) is 15.5. The Morgan fingerprint density at radius 1 is 0.913 bits per heavy atom. The molecule has 1 fully saturated rings. The van der Waals surface area contributed by atoms with Crippen LogP contribution in [0.5, 0.6) is 0 Å². The van der Waals surface area contributed by atoms with Gasteiger partial charge in [-0.05, 0) is 50.2 Å². The maximum absolute atomic E-state index is 13.0. The topological polar surface area (TPSA) is 23.6 Å². The van der Waals surface area contributed by atoms with Crippen molar-refractivity contribution in [2.75, 3.05) is 31.1 Å². The van der Waals surface area contributed by atoms with E-state index in [0.29, 0.717) is 13.1 Å². The molecule has 1 heterocycles. The third-order valence-corrected chi connectivity index (χ3v) is 4.23. The summed E-state index contributed by atoms with van der Waals surface area (Å²) >= 11 is 0. The number of rotatable bonds is 2. The summed E-state index contributed by atoms with van der Waals surface area (Å²) in [4.78, 5) is 16.7. The van der Waals surface area contributed by atoms with Crippen molar-refractivity contribution in [2.24, 2.45) is 0 Å². The molecule has 0 bridgehead atoms.